The van der Waals surface area contributed by atoms with E-state index in [0.717, 1.165) is 52.9 Å². The van der Waals surface area contributed by atoms with Gasteiger partial charge >= 0.3 is 0 Å². The van der Waals surface area contributed by atoms with E-state index in [2.05, 4.69) is 20.1 Å². The molecule has 0 radical (unpaired) electrons. The summed E-state index contributed by atoms with van der Waals surface area (Å²) in [6, 6.07) is 2.29. The van der Waals surface area contributed by atoms with Crippen LogP contribution in [0.4, 0.5) is 0 Å². The summed E-state index contributed by atoms with van der Waals surface area (Å²) in [6.07, 6.45) is 5.49. The molecule has 3 saturated heterocycles. The lowest BCUT2D eigenvalue weighted by molar-refractivity contribution is 0.0445. The molecule has 24 heavy (non-hydrogen) atoms. The van der Waals surface area contributed by atoms with Crippen molar-refractivity contribution in [1.82, 2.24) is 25.1 Å². The monoisotopic (exact) mass is 341 g/mol. The van der Waals surface area contributed by atoms with Crippen LogP contribution >= 0.6 is 11.3 Å². The molecule has 3 fully saturated rings. The van der Waals surface area contributed by atoms with Crippen LogP contribution in [0.15, 0.2) is 17.1 Å². The SMILES string of the molecule is Cc1[nH]ncc1-c1cc2nc([C@@H]3CC4CCN3CC4)[nH]c(=O)c2s1. The van der Waals surface area contributed by atoms with Crippen LogP contribution < -0.4 is 5.56 Å². The number of piperidine rings is 3. The molecule has 2 bridgehead atoms. The third-order valence-electron chi connectivity index (χ3n) is 5.46. The van der Waals surface area contributed by atoms with Crippen LogP contribution in [0.25, 0.3) is 20.7 Å². The third-order valence-corrected chi connectivity index (χ3v) is 6.62. The van der Waals surface area contributed by atoms with Gasteiger partial charge in [0.15, 0.2) is 0 Å². The highest BCUT2D eigenvalue weighted by molar-refractivity contribution is 7.22. The maximum Gasteiger partial charge on any atom is 0.268 e. The van der Waals surface area contributed by atoms with Gasteiger partial charge in [-0.3, -0.25) is 14.8 Å². The van der Waals surface area contributed by atoms with Crippen LogP contribution in [0.1, 0.15) is 36.8 Å². The summed E-state index contributed by atoms with van der Waals surface area (Å²) >= 11 is 1.49. The van der Waals surface area contributed by atoms with Crippen LogP contribution in [0.2, 0.25) is 0 Å². The van der Waals surface area contributed by atoms with Crippen molar-refractivity contribution in [1.29, 1.82) is 0 Å². The standard InChI is InChI=1S/C17H19N5OS/c1-9-11(8-18-21-9)14-7-12-15(24-14)17(23)20-16(19-12)13-6-10-2-4-22(13)5-3-10/h7-8,10,13H,2-6H2,1H3,(H,18,21)(H,19,20,23)/t13-/m0/s1. The van der Waals surface area contributed by atoms with Crippen molar-refractivity contribution in [2.24, 2.45) is 5.92 Å². The first-order chi connectivity index (χ1) is 11.7. The van der Waals surface area contributed by atoms with E-state index in [-0.39, 0.29) is 11.6 Å². The van der Waals surface area contributed by atoms with Gasteiger partial charge in [0.1, 0.15) is 10.5 Å². The van der Waals surface area contributed by atoms with Crippen molar-refractivity contribution in [2.75, 3.05) is 13.1 Å². The number of aromatic nitrogens is 4. The minimum atomic E-state index is -0.0185. The van der Waals surface area contributed by atoms with Crippen LogP contribution in [0.5, 0.6) is 0 Å². The van der Waals surface area contributed by atoms with Gasteiger partial charge in [-0.25, -0.2) is 4.98 Å². The average molecular weight is 341 g/mol. The summed E-state index contributed by atoms with van der Waals surface area (Å²) < 4.78 is 0.699. The number of fused-ring (bicyclic) bond motifs is 4. The second kappa shape index (κ2) is 5.26. The maximum absolute atomic E-state index is 12.6. The van der Waals surface area contributed by atoms with E-state index >= 15 is 0 Å². The molecule has 7 heteroatoms. The third kappa shape index (κ3) is 2.15. The first-order valence-corrected chi connectivity index (χ1v) is 9.29. The Morgan fingerprint density at radius 2 is 2.17 bits per heavy atom. The lowest BCUT2D eigenvalue weighted by atomic mass is 9.83. The molecule has 3 aliphatic heterocycles. The van der Waals surface area contributed by atoms with Gasteiger partial charge in [-0.05, 0) is 51.3 Å². The fraction of sp³-hybridized carbons (Fsp3) is 0.471. The fourth-order valence-electron chi connectivity index (χ4n) is 4.10. The van der Waals surface area contributed by atoms with Gasteiger partial charge in [0.05, 0.1) is 17.8 Å². The van der Waals surface area contributed by atoms with Gasteiger partial charge in [0.25, 0.3) is 5.56 Å². The predicted molar refractivity (Wildman–Crippen MR) is 94.2 cm³/mol. The van der Waals surface area contributed by atoms with Crippen LogP contribution in [0.3, 0.4) is 0 Å². The number of H-pyrrole nitrogens is 2. The maximum atomic E-state index is 12.6. The Kier molecular flexibility index (Phi) is 3.14. The molecule has 3 aromatic rings. The number of aryl methyl sites for hydroxylation is 1. The Morgan fingerprint density at radius 3 is 2.83 bits per heavy atom. The van der Waals surface area contributed by atoms with Crippen molar-refractivity contribution in [3.63, 3.8) is 0 Å². The summed E-state index contributed by atoms with van der Waals surface area (Å²) in [6.45, 7) is 4.24. The van der Waals surface area contributed by atoms with Crippen molar-refractivity contribution >= 4 is 21.6 Å². The summed E-state index contributed by atoms with van der Waals surface area (Å²) in [5.41, 5.74) is 2.83. The van der Waals surface area contributed by atoms with Gasteiger partial charge in [-0.15, -0.1) is 11.3 Å². The molecule has 3 aliphatic rings. The highest BCUT2D eigenvalue weighted by atomic mass is 32.1. The molecule has 0 aromatic carbocycles. The molecule has 0 amide bonds. The van der Waals surface area contributed by atoms with Crippen molar-refractivity contribution in [2.45, 2.75) is 32.2 Å². The molecule has 0 unspecified atom stereocenters. The Balaban J connectivity index is 1.60. The number of hydrogen-bond donors (Lipinski definition) is 2. The molecule has 0 spiro atoms. The zero-order valence-corrected chi connectivity index (χ0v) is 14.3. The Hall–Kier alpha value is -1.99. The number of nitrogens with zero attached hydrogens (tertiary/aromatic N) is 3. The minimum Gasteiger partial charge on any atom is -0.308 e. The zero-order valence-electron chi connectivity index (χ0n) is 13.5. The Morgan fingerprint density at radius 1 is 1.33 bits per heavy atom. The molecular weight excluding hydrogens is 322 g/mol. The van der Waals surface area contributed by atoms with Gasteiger partial charge in [0, 0.05) is 16.1 Å². The molecule has 2 N–H and O–H groups in total. The van der Waals surface area contributed by atoms with Crippen LogP contribution in [0, 0.1) is 12.8 Å². The summed E-state index contributed by atoms with van der Waals surface area (Å²) in [5, 5.41) is 7.03. The average Bonchev–Trinajstić information content (AvgIpc) is 3.21. The topological polar surface area (TPSA) is 77.7 Å². The molecule has 6 nitrogen and oxygen atoms in total. The van der Waals surface area contributed by atoms with E-state index < -0.39 is 0 Å². The zero-order chi connectivity index (χ0) is 16.3. The Labute approximate surface area is 142 Å². The van der Waals surface area contributed by atoms with Gasteiger partial charge in [-0.2, -0.15) is 5.10 Å². The summed E-state index contributed by atoms with van der Waals surface area (Å²) in [5.74, 6) is 1.62. The molecule has 1 atom stereocenters. The first-order valence-electron chi connectivity index (χ1n) is 8.47. The van der Waals surface area contributed by atoms with Crippen molar-refractivity contribution in [3.05, 3.63) is 34.1 Å². The number of aromatic amines is 2. The molecule has 6 heterocycles. The smallest absolute Gasteiger partial charge is 0.268 e. The van der Waals surface area contributed by atoms with E-state index in [1.54, 1.807) is 6.20 Å². The number of thiophene rings is 1. The highest BCUT2D eigenvalue weighted by Crippen LogP contribution is 2.40. The predicted octanol–water partition coefficient (Wildman–Crippen LogP) is 2.84. The van der Waals surface area contributed by atoms with Gasteiger partial charge in [-0.1, -0.05) is 0 Å². The van der Waals surface area contributed by atoms with Gasteiger partial charge < -0.3 is 4.98 Å². The van der Waals surface area contributed by atoms with E-state index in [4.69, 9.17) is 4.98 Å². The summed E-state index contributed by atoms with van der Waals surface area (Å²) in [7, 11) is 0. The lowest BCUT2D eigenvalue weighted by Crippen LogP contribution is -2.44. The normalized spacial score (nSPS) is 26.3. The highest BCUT2D eigenvalue weighted by Gasteiger charge is 2.35. The second-order valence-electron chi connectivity index (χ2n) is 6.92. The molecular formula is C17H19N5OS. The van der Waals surface area contributed by atoms with Gasteiger partial charge in [0.2, 0.25) is 0 Å². The Bertz CT molecular complexity index is 963. The van der Waals surface area contributed by atoms with Crippen molar-refractivity contribution in [3.8, 4) is 10.4 Å². The summed E-state index contributed by atoms with van der Waals surface area (Å²) in [4.78, 5) is 24.0. The van der Waals surface area contributed by atoms with Crippen LogP contribution in [-0.2, 0) is 0 Å². The molecule has 0 saturated carbocycles. The number of nitrogens with one attached hydrogen (secondary N) is 2. The number of rotatable bonds is 2. The van der Waals surface area contributed by atoms with E-state index in [1.165, 1.54) is 24.2 Å². The quantitative estimate of drug-likeness (QED) is 0.751. The molecule has 3 aromatic heterocycles. The van der Waals surface area contributed by atoms with E-state index in [9.17, 15) is 4.79 Å². The molecule has 6 rings (SSSR count). The van der Waals surface area contributed by atoms with Crippen LogP contribution in [-0.4, -0.2) is 38.2 Å². The first kappa shape index (κ1) is 14.4. The van der Waals surface area contributed by atoms with E-state index in [0.29, 0.717) is 4.70 Å². The molecule has 0 aliphatic carbocycles. The second-order valence-corrected chi connectivity index (χ2v) is 7.97. The molecule has 124 valence electrons. The lowest BCUT2D eigenvalue weighted by Gasteiger charge is -2.44. The number of hydrogen-bond acceptors (Lipinski definition) is 5. The van der Waals surface area contributed by atoms with Crippen molar-refractivity contribution < 1.29 is 0 Å². The minimum absolute atomic E-state index is 0.0185. The largest absolute Gasteiger partial charge is 0.308 e. The fourth-order valence-corrected chi connectivity index (χ4v) is 5.16. The van der Waals surface area contributed by atoms with E-state index in [1.807, 2.05) is 13.0 Å².